The number of benzene rings is 4. The van der Waals surface area contributed by atoms with E-state index in [1.807, 2.05) is 13.0 Å². The minimum absolute atomic E-state index is 0.146. The number of nitrogens with zero attached hydrogens (tertiary/aromatic N) is 1. The smallest absolute Gasteiger partial charge is 0.490 e. The van der Waals surface area contributed by atoms with Gasteiger partial charge < -0.3 is 25.2 Å². The largest absolute Gasteiger partial charge is 0.492 e. The van der Waals surface area contributed by atoms with Gasteiger partial charge in [0.25, 0.3) is 5.92 Å². The Kier molecular flexibility index (Phi) is 13.5. The van der Waals surface area contributed by atoms with Crippen molar-refractivity contribution in [2.45, 2.75) is 80.6 Å². The van der Waals surface area contributed by atoms with Gasteiger partial charge in [-0.2, -0.15) is 26.7 Å². The molecule has 1 heterocycles. The molecule has 0 aromatic heterocycles. The Bertz CT molecular complexity index is 2120. The lowest BCUT2D eigenvalue weighted by Gasteiger charge is -2.35. The predicted octanol–water partition coefficient (Wildman–Crippen LogP) is 7.90. The Morgan fingerprint density at radius 3 is 2.09 bits per heavy atom. The molecule has 2 aliphatic rings. The van der Waals surface area contributed by atoms with Crippen LogP contribution in [0.15, 0.2) is 83.8 Å². The highest BCUT2D eigenvalue weighted by atomic mass is 35.5. The van der Waals surface area contributed by atoms with Crippen LogP contribution < -0.4 is 19.9 Å². The molecule has 1 saturated heterocycles. The number of halogens is 6. The first-order valence-corrected chi connectivity index (χ1v) is 19.7. The molecule has 56 heavy (non-hydrogen) atoms. The number of hydrogen-bond donors (Lipinski definition) is 3. The van der Waals surface area contributed by atoms with Gasteiger partial charge in [0, 0.05) is 24.7 Å². The fourth-order valence-electron chi connectivity index (χ4n) is 6.45. The van der Waals surface area contributed by atoms with Crippen LogP contribution in [0.4, 0.5) is 22.0 Å². The molecule has 1 amide bonds. The summed E-state index contributed by atoms with van der Waals surface area (Å²) in [6.07, 6.45) is 0.181. The number of fused-ring (bicyclic) bond motifs is 1. The van der Waals surface area contributed by atoms with Crippen molar-refractivity contribution in [3.8, 4) is 22.6 Å². The van der Waals surface area contributed by atoms with Crippen LogP contribution in [-0.4, -0.2) is 74.4 Å². The van der Waals surface area contributed by atoms with Crippen molar-refractivity contribution in [2.24, 2.45) is 5.73 Å². The molecule has 302 valence electrons. The van der Waals surface area contributed by atoms with Crippen LogP contribution in [0.25, 0.3) is 21.9 Å². The van der Waals surface area contributed by atoms with Gasteiger partial charge in [0.05, 0.1) is 22.6 Å². The summed E-state index contributed by atoms with van der Waals surface area (Å²) >= 11 is 6.22. The highest BCUT2D eigenvalue weighted by Gasteiger charge is 2.50. The van der Waals surface area contributed by atoms with Gasteiger partial charge >= 0.3 is 12.1 Å². The number of nitrogens with two attached hydrogens (primary N) is 1. The lowest BCUT2D eigenvalue weighted by atomic mass is 9.96. The maximum absolute atomic E-state index is 16.5. The summed E-state index contributed by atoms with van der Waals surface area (Å²) in [6, 6.07) is 17.7. The molecule has 1 aliphatic carbocycles. The van der Waals surface area contributed by atoms with Crippen LogP contribution in [0.2, 0.25) is 5.02 Å². The third-order valence-electron chi connectivity index (χ3n) is 9.51. The lowest BCUT2D eigenvalue weighted by molar-refractivity contribution is -0.192. The van der Waals surface area contributed by atoms with Crippen LogP contribution in [0.5, 0.6) is 11.5 Å². The van der Waals surface area contributed by atoms with Crippen molar-refractivity contribution in [1.82, 2.24) is 9.62 Å². The van der Waals surface area contributed by atoms with Gasteiger partial charge in [0.15, 0.2) is 6.04 Å². The van der Waals surface area contributed by atoms with Gasteiger partial charge in [-0.1, -0.05) is 54.1 Å². The first kappa shape index (κ1) is 42.6. The van der Waals surface area contributed by atoms with E-state index in [1.54, 1.807) is 36.4 Å². The Morgan fingerprint density at radius 2 is 1.48 bits per heavy atom. The molecule has 1 aliphatic heterocycles. The first-order valence-electron chi connectivity index (χ1n) is 17.9. The van der Waals surface area contributed by atoms with Crippen LogP contribution >= 0.6 is 11.6 Å². The molecule has 10 nitrogen and oxygen atoms in total. The quantitative estimate of drug-likeness (QED) is 0.129. The highest BCUT2D eigenvalue weighted by Crippen LogP contribution is 2.37. The summed E-state index contributed by atoms with van der Waals surface area (Å²) in [5.41, 5.74) is 6.78. The number of alkyl halides is 5. The molecule has 6 rings (SSSR count). The van der Waals surface area contributed by atoms with E-state index in [-0.39, 0.29) is 30.1 Å². The molecule has 1 saturated carbocycles. The number of hydrogen-bond acceptors (Lipinski definition) is 7. The van der Waals surface area contributed by atoms with Crippen molar-refractivity contribution in [3.63, 3.8) is 0 Å². The van der Waals surface area contributed by atoms with Crippen molar-refractivity contribution in [3.05, 3.63) is 89.4 Å². The summed E-state index contributed by atoms with van der Waals surface area (Å²) in [6.45, 7) is 2.52. The normalized spacial score (nSPS) is 16.2. The molecule has 4 N–H and O–H groups in total. The number of carboxylic acids is 1. The number of nitrogens with one attached hydrogen (secondary N) is 1. The van der Waals surface area contributed by atoms with E-state index in [1.165, 1.54) is 41.3 Å². The van der Waals surface area contributed by atoms with Crippen LogP contribution in [0.3, 0.4) is 0 Å². The van der Waals surface area contributed by atoms with E-state index in [0.717, 1.165) is 31.1 Å². The molecule has 0 radical (unpaired) electrons. The van der Waals surface area contributed by atoms with Crippen molar-refractivity contribution >= 4 is 44.3 Å². The number of likely N-dealkylation sites (tertiary alicyclic amines) is 1. The fraction of sp³-hybridized carbons (Fsp3) is 0.385. The van der Waals surface area contributed by atoms with Gasteiger partial charge in [0.2, 0.25) is 15.9 Å². The Morgan fingerprint density at radius 1 is 0.893 bits per heavy atom. The number of aliphatic carboxylic acids is 1. The molecule has 4 aromatic rings. The summed E-state index contributed by atoms with van der Waals surface area (Å²) in [7, 11) is -4.59. The second-order valence-electron chi connectivity index (χ2n) is 13.5. The van der Waals surface area contributed by atoms with Crippen LogP contribution in [0.1, 0.15) is 51.0 Å². The fourth-order valence-corrected chi connectivity index (χ4v) is 7.84. The number of sulfonamides is 1. The Hall–Kier alpha value is -4.51. The van der Waals surface area contributed by atoms with Gasteiger partial charge in [-0.05, 0) is 104 Å². The zero-order valence-electron chi connectivity index (χ0n) is 30.2. The summed E-state index contributed by atoms with van der Waals surface area (Å²) < 4.78 is 106. The SMILES string of the molecule is CCOc1cc(-c2ccc(C(F)(F)[C@@H](NS(=O)(=O)c3ccc4cc(OC5CCCC5)ccc4c3)C(=O)N3CCC(N)CC3)cc2)ccc1Cl.O=C(O)C(F)(F)F. The molecule has 1 atom stereocenters. The summed E-state index contributed by atoms with van der Waals surface area (Å²) in [5, 5.41) is 8.88. The molecular weight excluding hydrogens is 785 g/mol. The van der Waals surface area contributed by atoms with Crippen LogP contribution in [0, 0.1) is 0 Å². The number of ether oxygens (including phenoxy) is 2. The third-order valence-corrected chi connectivity index (χ3v) is 11.2. The molecule has 17 heteroatoms. The second kappa shape index (κ2) is 17.7. The Balaban J connectivity index is 0.000000784. The second-order valence-corrected chi connectivity index (χ2v) is 15.6. The summed E-state index contributed by atoms with van der Waals surface area (Å²) in [4.78, 5) is 23.7. The number of carboxylic acid groups (broad SMARTS) is 1. The molecule has 0 bridgehead atoms. The summed E-state index contributed by atoms with van der Waals surface area (Å²) in [5.74, 6) is -6.53. The molecule has 0 unspecified atom stereocenters. The van der Waals surface area contributed by atoms with E-state index in [2.05, 4.69) is 4.72 Å². The van der Waals surface area contributed by atoms with E-state index >= 15 is 8.78 Å². The average Bonchev–Trinajstić information content (AvgIpc) is 3.67. The number of amides is 1. The highest BCUT2D eigenvalue weighted by molar-refractivity contribution is 7.89. The van der Waals surface area contributed by atoms with E-state index in [0.29, 0.717) is 52.5 Å². The Labute approximate surface area is 325 Å². The molecule has 0 spiro atoms. The first-order chi connectivity index (χ1) is 26.4. The topological polar surface area (TPSA) is 148 Å². The number of carbonyl (C=O) groups is 2. The van der Waals surface area contributed by atoms with Gasteiger partial charge in [-0.15, -0.1) is 0 Å². The van der Waals surface area contributed by atoms with E-state index < -0.39 is 45.6 Å². The number of carbonyl (C=O) groups excluding carboxylic acids is 1. The van der Waals surface area contributed by atoms with Gasteiger partial charge in [0.1, 0.15) is 11.5 Å². The lowest BCUT2D eigenvalue weighted by Crippen LogP contribution is -2.57. The monoisotopic (exact) mass is 825 g/mol. The van der Waals surface area contributed by atoms with Gasteiger partial charge in [-0.25, -0.2) is 13.2 Å². The maximum Gasteiger partial charge on any atom is 0.490 e. The zero-order valence-corrected chi connectivity index (χ0v) is 31.8. The van der Waals surface area contributed by atoms with Gasteiger partial charge in [-0.3, -0.25) is 4.79 Å². The minimum atomic E-state index is -5.08. The van der Waals surface area contributed by atoms with Crippen molar-refractivity contribution < 1.29 is 54.5 Å². The minimum Gasteiger partial charge on any atom is -0.492 e. The van der Waals surface area contributed by atoms with E-state index in [9.17, 15) is 26.4 Å². The predicted molar refractivity (Wildman–Crippen MR) is 200 cm³/mol. The molecule has 2 fully saturated rings. The number of piperidine rings is 1. The van der Waals surface area contributed by atoms with Crippen molar-refractivity contribution in [2.75, 3.05) is 19.7 Å². The molecular formula is C39H41ClF5N3O7S. The van der Waals surface area contributed by atoms with Crippen molar-refractivity contribution in [1.29, 1.82) is 0 Å². The third kappa shape index (κ3) is 10.5. The average molecular weight is 826 g/mol. The number of rotatable bonds is 11. The van der Waals surface area contributed by atoms with Crippen LogP contribution in [-0.2, 0) is 25.5 Å². The standard InChI is InChI=1S/C37H40ClF2N3O5S.C2HF3O2/c1-2-47-34-23-27(11-16-33(34)38)24-7-12-28(13-8-24)37(39,40)35(36(44)43-19-17-29(41)18-20-43)42-49(45,46)32-15-10-25-21-31(14-9-26(25)22-32)48-30-5-3-4-6-30;3-2(4,5)1(6)7/h7-16,21-23,29-30,35,42H,2-6,17-20,41H2,1H3;(H,6,7)/t35-;/m0./s1. The maximum atomic E-state index is 16.5. The molecule has 4 aromatic carbocycles. The van der Waals surface area contributed by atoms with E-state index in [4.69, 9.17) is 36.7 Å². The zero-order chi connectivity index (χ0) is 40.8.